The summed E-state index contributed by atoms with van der Waals surface area (Å²) < 4.78 is 4.66. The Kier molecular flexibility index (Phi) is 3.49. The van der Waals surface area contributed by atoms with E-state index < -0.39 is 0 Å². The molecule has 0 saturated carbocycles. The van der Waals surface area contributed by atoms with Gasteiger partial charge in [0.05, 0.1) is 13.0 Å². The highest BCUT2D eigenvalue weighted by atomic mass is 16.5. The van der Waals surface area contributed by atoms with Crippen LogP contribution in [0.3, 0.4) is 0 Å². The second kappa shape index (κ2) is 4.42. The van der Waals surface area contributed by atoms with Gasteiger partial charge in [-0.3, -0.25) is 4.79 Å². The van der Waals surface area contributed by atoms with Gasteiger partial charge in [0, 0.05) is 19.6 Å². The fourth-order valence-corrected chi connectivity index (χ4v) is 1.58. The summed E-state index contributed by atoms with van der Waals surface area (Å²) in [5, 5.41) is 0. The van der Waals surface area contributed by atoms with E-state index in [0.29, 0.717) is 6.54 Å². The zero-order valence-electron chi connectivity index (χ0n) is 7.45. The number of esters is 1. The molecule has 0 aromatic carbocycles. The van der Waals surface area contributed by atoms with Gasteiger partial charge >= 0.3 is 5.97 Å². The van der Waals surface area contributed by atoms with E-state index in [9.17, 15) is 4.79 Å². The fourth-order valence-electron chi connectivity index (χ4n) is 1.58. The second-order valence-electron chi connectivity index (χ2n) is 3.10. The summed E-state index contributed by atoms with van der Waals surface area (Å²) in [7, 11) is 1.44. The summed E-state index contributed by atoms with van der Waals surface area (Å²) in [5.74, 6) is -0.0175. The van der Waals surface area contributed by atoms with Crippen LogP contribution in [-0.4, -0.2) is 44.2 Å². The van der Waals surface area contributed by atoms with Crippen LogP contribution < -0.4 is 5.73 Å². The number of nitrogens with two attached hydrogens (primary N) is 1. The van der Waals surface area contributed by atoms with Gasteiger partial charge in [0.2, 0.25) is 0 Å². The van der Waals surface area contributed by atoms with Crippen molar-refractivity contribution in [3.05, 3.63) is 0 Å². The number of rotatable bonds is 3. The summed E-state index contributed by atoms with van der Waals surface area (Å²) >= 11 is 0. The standard InChI is InChI=1S/C8H16N2O2/c1-12-8(11)7-2-4-10(6-7)5-3-9/h7H,2-6,9H2,1H3/t7-/m1/s1. The zero-order chi connectivity index (χ0) is 8.97. The van der Waals surface area contributed by atoms with Crippen molar-refractivity contribution in [3.63, 3.8) is 0 Å². The molecule has 2 N–H and O–H groups in total. The van der Waals surface area contributed by atoms with Gasteiger partial charge in [-0.1, -0.05) is 0 Å². The zero-order valence-corrected chi connectivity index (χ0v) is 7.45. The lowest BCUT2D eigenvalue weighted by molar-refractivity contribution is -0.144. The summed E-state index contributed by atoms with van der Waals surface area (Å²) in [5.41, 5.74) is 5.40. The third-order valence-corrected chi connectivity index (χ3v) is 2.25. The van der Waals surface area contributed by atoms with Gasteiger partial charge in [-0.05, 0) is 13.0 Å². The average Bonchev–Trinajstić information content (AvgIpc) is 2.52. The largest absolute Gasteiger partial charge is 0.469 e. The van der Waals surface area contributed by atoms with E-state index in [2.05, 4.69) is 9.64 Å². The van der Waals surface area contributed by atoms with E-state index >= 15 is 0 Å². The first-order valence-corrected chi connectivity index (χ1v) is 4.28. The maximum atomic E-state index is 11.1. The van der Waals surface area contributed by atoms with E-state index in [1.165, 1.54) is 7.11 Å². The first-order valence-electron chi connectivity index (χ1n) is 4.28. The van der Waals surface area contributed by atoms with Crippen molar-refractivity contribution in [2.75, 3.05) is 33.3 Å². The van der Waals surface area contributed by atoms with Gasteiger partial charge in [-0.15, -0.1) is 0 Å². The van der Waals surface area contributed by atoms with Crippen LogP contribution in [0.15, 0.2) is 0 Å². The van der Waals surface area contributed by atoms with Gasteiger partial charge in [0.15, 0.2) is 0 Å². The number of carbonyl (C=O) groups excluding carboxylic acids is 1. The molecule has 0 aromatic heterocycles. The van der Waals surface area contributed by atoms with Crippen LogP contribution >= 0.6 is 0 Å². The molecule has 1 saturated heterocycles. The molecule has 1 atom stereocenters. The molecule has 0 radical (unpaired) electrons. The van der Waals surface area contributed by atoms with Crippen molar-refractivity contribution in [2.45, 2.75) is 6.42 Å². The van der Waals surface area contributed by atoms with E-state index in [4.69, 9.17) is 5.73 Å². The molecule has 12 heavy (non-hydrogen) atoms. The van der Waals surface area contributed by atoms with Crippen molar-refractivity contribution in [1.82, 2.24) is 4.90 Å². The highest BCUT2D eigenvalue weighted by Gasteiger charge is 2.28. The molecule has 4 nitrogen and oxygen atoms in total. The number of nitrogens with zero attached hydrogens (tertiary/aromatic N) is 1. The van der Waals surface area contributed by atoms with Gasteiger partial charge in [-0.25, -0.2) is 0 Å². The van der Waals surface area contributed by atoms with Crippen molar-refractivity contribution < 1.29 is 9.53 Å². The molecule has 1 fully saturated rings. The van der Waals surface area contributed by atoms with Gasteiger partial charge in [-0.2, -0.15) is 0 Å². The third kappa shape index (κ3) is 2.19. The van der Waals surface area contributed by atoms with Crippen LogP contribution in [0.2, 0.25) is 0 Å². The molecule has 1 rings (SSSR count). The minimum Gasteiger partial charge on any atom is -0.469 e. The Balaban J connectivity index is 2.30. The van der Waals surface area contributed by atoms with Crippen LogP contribution in [0.25, 0.3) is 0 Å². The number of carbonyl (C=O) groups is 1. The van der Waals surface area contributed by atoms with Crippen LogP contribution in [-0.2, 0) is 9.53 Å². The number of hydrogen-bond acceptors (Lipinski definition) is 4. The number of methoxy groups -OCH3 is 1. The van der Waals surface area contributed by atoms with Crippen LogP contribution in [0.4, 0.5) is 0 Å². The Morgan fingerprint density at radius 2 is 2.50 bits per heavy atom. The molecular weight excluding hydrogens is 156 g/mol. The highest BCUT2D eigenvalue weighted by Crippen LogP contribution is 2.16. The first-order chi connectivity index (χ1) is 5.77. The van der Waals surface area contributed by atoms with Gasteiger partial charge < -0.3 is 15.4 Å². The van der Waals surface area contributed by atoms with Crippen LogP contribution in [0.1, 0.15) is 6.42 Å². The van der Waals surface area contributed by atoms with E-state index in [-0.39, 0.29) is 11.9 Å². The SMILES string of the molecule is COC(=O)[C@@H]1CCN(CCN)C1. The molecule has 0 spiro atoms. The van der Waals surface area contributed by atoms with Gasteiger partial charge in [0.25, 0.3) is 0 Å². The molecule has 1 aliphatic heterocycles. The Morgan fingerprint density at radius 1 is 1.75 bits per heavy atom. The lowest BCUT2D eigenvalue weighted by Gasteiger charge is -2.13. The predicted octanol–water partition coefficient (Wildman–Crippen LogP) is -0.560. The molecule has 0 aliphatic carbocycles. The van der Waals surface area contributed by atoms with E-state index in [1.807, 2.05) is 0 Å². The van der Waals surface area contributed by atoms with E-state index in [1.54, 1.807) is 0 Å². The molecular formula is C8H16N2O2. The Bertz CT molecular complexity index is 161. The quantitative estimate of drug-likeness (QED) is 0.580. The normalized spacial score (nSPS) is 24.3. The Morgan fingerprint density at radius 3 is 3.08 bits per heavy atom. The number of hydrogen-bond donors (Lipinski definition) is 1. The molecule has 1 heterocycles. The minimum atomic E-state index is -0.0884. The summed E-state index contributed by atoms with van der Waals surface area (Å²) in [6, 6.07) is 0. The summed E-state index contributed by atoms with van der Waals surface area (Å²) in [4.78, 5) is 13.3. The van der Waals surface area contributed by atoms with Crippen LogP contribution in [0.5, 0.6) is 0 Å². The molecule has 0 unspecified atom stereocenters. The summed E-state index contributed by atoms with van der Waals surface area (Å²) in [6.07, 6.45) is 0.909. The molecule has 70 valence electrons. The molecule has 0 aromatic rings. The smallest absolute Gasteiger partial charge is 0.310 e. The number of likely N-dealkylation sites (tertiary alicyclic amines) is 1. The highest BCUT2D eigenvalue weighted by molar-refractivity contribution is 5.72. The second-order valence-corrected chi connectivity index (χ2v) is 3.10. The monoisotopic (exact) mass is 172 g/mol. The maximum Gasteiger partial charge on any atom is 0.310 e. The van der Waals surface area contributed by atoms with Crippen molar-refractivity contribution in [2.24, 2.45) is 11.7 Å². The Labute approximate surface area is 72.7 Å². The number of ether oxygens (including phenoxy) is 1. The molecule has 1 aliphatic rings. The third-order valence-electron chi connectivity index (χ3n) is 2.25. The Hall–Kier alpha value is -0.610. The average molecular weight is 172 g/mol. The fraction of sp³-hybridized carbons (Fsp3) is 0.875. The summed E-state index contributed by atoms with van der Waals surface area (Å²) in [6.45, 7) is 3.32. The van der Waals surface area contributed by atoms with Crippen molar-refractivity contribution in [1.29, 1.82) is 0 Å². The van der Waals surface area contributed by atoms with Crippen molar-refractivity contribution in [3.8, 4) is 0 Å². The van der Waals surface area contributed by atoms with Crippen LogP contribution in [0, 0.1) is 5.92 Å². The maximum absolute atomic E-state index is 11.1. The van der Waals surface area contributed by atoms with E-state index in [0.717, 1.165) is 26.1 Å². The lowest BCUT2D eigenvalue weighted by atomic mass is 10.1. The van der Waals surface area contributed by atoms with Crippen molar-refractivity contribution >= 4 is 5.97 Å². The minimum absolute atomic E-state index is 0.0709. The predicted molar refractivity (Wildman–Crippen MR) is 45.6 cm³/mol. The van der Waals surface area contributed by atoms with Gasteiger partial charge in [0.1, 0.15) is 0 Å². The first kappa shape index (κ1) is 9.48. The topological polar surface area (TPSA) is 55.6 Å². The molecule has 0 amide bonds. The molecule has 4 heteroatoms. The lowest BCUT2D eigenvalue weighted by Crippen LogP contribution is -2.28. The molecule has 0 bridgehead atoms.